The molecule has 3 heterocycles. The molecule has 6 heteroatoms. The van der Waals surface area contributed by atoms with Crippen LogP contribution in [0.2, 0.25) is 0 Å². The number of fused-ring (bicyclic) bond motifs is 1. The second-order valence-corrected chi connectivity index (χ2v) is 8.01. The molecule has 3 aromatic rings. The van der Waals surface area contributed by atoms with E-state index >= 15 is 0 Å². The molecule has 0 bridgehead atoms. The molecule has 2 aromatic heterocycles. The first kappa shape index (κ1) is 17.4. The summed E-state index contributed by atoms with van der Waals surface area (Å²) >= 11 is 0. The zero-order valence-electron chi connectivity index (χ0n) is 16.3. The van der Waals surface area contributed by atoms with Gasteiger partial charge < -0.3 is 14.0 Å². The van der Waals surface area contributed by atoms with Gasteiger partial charge in [-0.15, -0.1) is 0 Å². The average molecular weight is 377 g/mol. The highest BCUT2D eigenvalue weighted by molar-refractivity contribution is 5.89. The highest BCUT2D eigenvalue weighted by atomic mass is 16.6. The minimum atomic E-state index is -0.387. The van der Waals surface area contributed by atoms with Crippen molar-refractivity contribution in [3.05, 3.63) is 59.7 Å². The molecule has 1 aromatic carbocycles. The zero-order chi connectivity index (χ0) is 19.5. The summed E-state index contributed by atoms with van der Waals surface area (Å²) in [5.41, 5.74) is 3.21. The van der Waals surface area contributed by atoms with Crippen molar-refractivity contribution in [1.82, 2.24) is 14.5 Å². The Balaban J connectivity index is 1.37. The molecule has 4 atom stereocenters. The molecule has 6 nitrogen and oxygen atoms in total. The van der Waals surface area contributed by atoms with E-state index in [1.807, 2.05) is 25.1 Å². The van der Waals surface area contributed by atoms with Crippen LogP contribution in [0.15, 0.2) is 42.9 Å². The predicted molar refractivity (Wildman–Crippen MR) is 104 cm³/mol. The molecule has 0 amide bonds. The Morgan fingerprint density at radius 2 is 2.04 bits per heavy atom. The quantitative estimate of drug-likeness (QED) is 0.646. The Hall–Kier alpha value is -2.73. The van der Waals surface area contributed by atoms with E-state index in [-0.39, 0.29) is 23.9 Å². The average Bonchev–Trinajstić information content (AvgIpc) is 3.10. The van der Waals surface area contributed by atoms with Gasteiger partial charge in [-0.2, -0.15) is 0 Å². The number of hydrogen-bond acceptors (Lipinski definition) is 5. The third-order valence-corrected chi connectivity index (χ3v) is 6.19. The smallest absolute Gasteiger partial charge is 0.338 e. The van der Waals surface area contributed by atoms with E-state index in [0.717, 1.165) is 35.1 Å². The standard InChI is InChI=1S/C22H23N3O3/c1-13-11-25(20-19(13)15(3)23-12-24-20)18-9-14(2)22(28-18)10-17(22)27-21(26)16-7-5-4-6-8-16/h4-8,11-12,14,17-18H,9-10H2,1-3H3/t14-,17?,18-,22?/m1/s1. The van der Waals surface area contributed by atoms with E-state index in [1.54, 1.807) is 18.5 Å². The van der Waals surface area contributed by atoms with Crippen LogP contribution in [-0.2, 0) is 9.47 Å². The molecule has 1 aliphatic carbocycles. The first-order chi connectivity index (χ1) is 13.5. The van der Waals surface area contributed by atoms with Gasteiger partial charge in [-0.1, -0.05) is 25.1 Å². The number of hydrogen-bond donors (Lipinski definition) is 0. The van der Waals surface area contributed by atoms with Crippen molar-refractivity contribution in [3.8, 4) is 0 Å². The SMILES string of the molecule is Cc1cn([C@H]2C[C@@H](C)C3(CC3OC(=O)c3ccccc3)O2)c2ncnc(C)c12. The lowest BCUT2D eigenvalue weighted by atomic mass is 10.0. The lowest BCUT2D eigenvalue weighted by molar-refractivity contribution is -0.0468. The summed E-state index contributed by atoms with van der Waals surface area (Å²) in [6, 6.07) is 9.11. The van der Waals surface area contributed by atoms with Crippen molar-refractivity contribution >= 4 is 17.0 Å². The van der Waals surface area contributed by atoms with Crippen LogP contribution in [-0.4, -0.2) is 32.2 Å². The summed E-state index contributed by atoms with van der Waals surface area (Å²) in [6.45, 7) is 6.25. The maximum Gasteiger partial charge on any atom is 0.338 e. The molecule has 144 valence electrons. The van der Waals surface area contributed by atoms with Gasteiger partial charge in [-0.25, -0.2) is 14.8 Å². The van der Waals surface area contributed by atoms with Gasteiger partial charge in [0.25, 0.3) is 0 Å². The second kappa shape index (κ2) is 6.14. The van der Waals surface area contributed by atoms with E-state index in [1.165, 1.54) is 0 Å². The normalized spacial score (nSPS) is 28.8. The number of carbonyl (C=O) groups excluding carboxylic acids is 1. The summed E-state index contributed by atoms with van der Waals surface area (Å²) in [5, 5.41) is 1.09. The van der Waals surface area contributed by atoms with E-state index in [9.17, 15) is 4.79 Å². The van der Waals surface area contributed by atoms with Crippen LogP contribution >= 0.6 is 0 Å². The minimum Gasteiger partial charge on any atom is -0.456 e. The third kappa shape index (κ3) is 2.55. The molecule has 2 unspecified atom stereocenters. The monoisotopic (exact) mass is 377 g/mol. The van der Waals surface area contributed by atoms with Crippen LogP contribution in [0, 0.1) is 19.8 Å². The summed E-state index contributed by atoms with van der Waals surface area (Å²) in [4.78, 5) is 21.2. The second-order valence-electron chi connectivity index (χ2n) is 8.01. The van der Waals surface area contributed by atoms with Crippen molar-refractivity contribution in [3.63, 3.8) is 0 Å². The summed E-state index contributed by atoms with van der Waals surface area (Å²) < 4.78 is 14.4. The topological polar surface area (TPSA) is 66.2 Å². The maximum absolute atomic E-state index is 12.4. The molecule has 0 N–H and O–H groups in total. The number of esters is 1. The van der Waals surface area contributed by atoms with Gasteiger partial charge in [0.2, 0.25) is 0 Å². The van der Waals surface area contributed by atoms with Crippen molar-refractivity contribution in [2.75, 3.05) is 0 Å². The Morgan fingerprint density at radius 1 is 1.25 bits per heavy atom. The van der Waals surface area contributed by atoms with Crippen molar-refractivity contribution < 1.29 is 14.3 Å². The predicted octanol–water partition coefficient (Wildman–Crippen LogP) is 3.97. The van der Waals surface area contributed by atoms with Gasteiger partial charge in [0.15, 0.2) is 0 Å². The number of carbonyl (C=O) groups is 1. The molecule has 1 spiro atoms. The van der Waals surface area contributed by atoms with Crippen molar-refractivity contribution in [2.24, 2.45) is 5.92 Å². The Labute approximate surface area is 163 Å². The van der Waals surface area contributed by atoms with Gasteiger partial charge in [0, 0.05) is 18.0 Å². The number of rotatable bonds is 3. The summed E-state index contributed by atoms with van der Waals surface area (Å²) in [6.07, 6.45) is 5.00. The number of ether oxygens (including phenoxy) is 2. The Bertz CT molecular complexity index is 1060. The lowest BCUT2D eigenvalue weighted by Crippen LogP contribution is -2.24. The summed E-state index contributed by atoms with van der Waals surface area (Å²) in [7, 11) is 0. The number of aromatic nitrogens is 3. The fourth-order valence-corrected chi connectivity index (χ4v) is 4.55. The minimum absolute atomic E-state index is 0.110. The first-order valence-electron chi connectivity index (χ1n) is 9.72. The Morgan fingerprint density at radius 3 is 2.82 bits per heavy atom. The van der Waals surface area contributed by atoms with E-state index in [4.69, 9.17) is 9.47 Å². The van der Waals surface area contributed by atoms with Crippen LogP contribution in [0.3, 0.4) is 0 Å². The molecule has 1 saturated heterocycles. The van der Waals surface area contributed by atoms with Gasteiger partial charge in [0.05, 0.1) is 11.3 Å². The van der Waals surface area contributed by atoms with Gasteiger partial charge in [0.1, 0.15) is 29.9 Å². The maximum atomic E-state index is 12.4. The van der Waals surface area contributed by atoms with Gasteiger partial charge in [-0.05, 0) is 43.9 Å². The highest BCUT2D eigenvalue weighted by Gasteiger charge is 2.66. The molecular formula is C22H23N3O3. The number of nitrogens with zero attached hydrogens (tertiary/aromatic N) is 3. The van der Waals surface area contributed by atoms with Crippen LogP contribution in [0.5, 0.6) is 0 Å². The third-order valence-electron chi connectivity index (χ3n) is 6.19. The molecular weight excluding hydrogens is 354 g/mol. The van der Waals surface area contributed by atoms with Crippen LogP contribution < -0.4 is 0 Å². The van der Waals surface area contributed by atoms with Crippen molar-refractivity contribution in [2.45, 2.75) is 51.5 Å². The van der Waals surface area contributed by atoms with Gasteiger partial charge >= 0.3 is 5.97 Å². The zero-order valence-corrected chi connectivity index (χ0v) is 16.3. The molecule has 1 aliphatic heterocycles. The molecule has 5 rings (SSSR count). The van der Waals surface area contributed by atoms with Crippen LogP contribution in [0.4, 0.5) is 0 Å². The Kier molecular flexibility index (Phi) is 3.81. The lowest BCUT2D eigenvalue weighted by Gasteiger charge is -2.17. The van der Waals surface area contributed by atoms with E-state index in [2.05, 4.69) is 34.6 Å². The van der Waals surface area contributed by atoms with Crippen LogP contribution in [0.25, 0.3) is 11.0 Å². The molecule has 0 radical (unpaired) electrons. The van der Waals surface area contributed by atoms with Crippen molar-refractivity contribution in [1.29, 1.82) is 0 Å². The molecule has 2 fully saturated rings. The largest absolute Gasteiger partial charge is 0.456 e. The molecule has 2 aliphatic rings. The highest BCUT2D eigenvalue weighted by Crippen LogP contribution is 2.58. The molecule has 28 heavy (non-hydrogen) atoms. The van der Waals surface area contributed by atoms with E-state index < -0.39 is 0 Å². The van der Waals surface area contributed by atoms with Gasteiger partial charge in [-0.3, -0.25) is 0 Å². The number of aryl methyl sites for hydroxylation is 2. The fourth-order valence-electron chi connectivity index (χ4n) is 4.55. The first-order valence-corrected chi connectivity index (χ1v) is 9.72. The fraction of sp³-hybridized carbons (Fsp3) is 0.409. The van der Waals surface area contributed by atoms with Crippen LogP contribution in [0.1, 0.15) is 47.6 Å². The number of benzene rings is 1. The molecule has 1 saturated carbocycles. The van der Waals surface area contributed by atoms with E-state index in [0.29, 0.717) is 11.5 Å². The summed E-state index contributed by atoms with van der Waals surface area (Å²) in [5.74, 6) is 0.0131.